The molecule has 5 nitrogen and oxygen atoms in total. The summed E-state index contributed by atoms with van der Waals surface area (Å²) in [5.41, 5.74) is 1.98. The first-order valence-electron chi connectivity index (χ1n) is 7.98. The molecule has 4 rings (SSSR count). The van der Waals surface area contributed by atoms with Gasteiger partial charge in [-0.25, -0.2) is 14.2 Å². The third-order valence-corrected chi connectivity index (χ3v) is 5.23. The van der Waals surface area contributed by atoms with Crippen LogP contribution in [-0.4, -0.2) is 10.9 Å². The van der Waals surface area contributed by atoms with E-state index in [1.807, 2.05) is 19.1 Å². The monoisotopic (exact) mass is 402 g/mol. The summed E-state index contributed by atoms with van der Waals surface area (Å²) in [4.78, 5) is 28.5. The molecular formula is C19H12ClFN2O3S. The molecule has 8 heteroatoms. The minimum Gasteiger partial charge on any atom is -0.423 e. The maximum atomic E-state index is 13.5. The van der Waals surface area contributed by atoms with Gasteiger partial charge >= 0.3 is 5.63 Å². The molecule has 0 bridgehead atoms. The molecule has 1 N–H and O–H groups in total. The van der Waals surface area contributed by atoms with E-state index >= 15 is 0 Å². The summed E-state index contributed by atoms with van der Waals surface area (Å²) in [7, 11) is 0. The maximum absolute atomic E-state index is 13.5. The van der Waals surface area contributed by atoms with E-state index in [1.165, 1.54) is 18.2 Å². The predicted octanol–water partition coefficient (Wildman–Crippen LogP) is 4.68. The molecule has 0 saturated heterocycles. The van der Waals surface area contributed by atoms with Gasteiger partial charge in [-0.1, -0.05) is 34.6 Å². The number of aromatic nitrogens is 1. The van der Waals surface area contributed by atoms with Gasteiger partial charge in [0.05, 0.1) is 21.7 Å². The number of thiazole rings is 1. The lowest BCUT2D eigenvalue weighted by Gasteiger charge is -2.06. The third kappa shape index (κ3) is 3.56. The average Bonchev–Trinajstić information content (AvgIpc) is 2.96. The molecule has 0 atom stereocenters. The lowest BCUT2D eigenvalue weighted by Crippen LogP contribution is -2.15. The number of amides is 1. The van der Waals surface area contributed by atoms with Crippen LogP contribution in [-0.2, 0) is 11.2 Å². The van der Waals surface area contributed by atoms with Crippen LogP contribution in [0.3, 0.4) is 0 Å². The van der Waals surface area contributed by atoms with E-state index < -0.39 is 11.4 Å². The van der Waals surface area contributed by atoms with Gasteiger partial charge in [-0.3, -0.25) is 4.79 Å². The molecule has 136 valence electrons. The normalized spacial score (nSPS) is 11.2. The van der Waals surface area contributed by atoms with Crippen LogP contribution in [0, 0.1) is 12.7 Å². The lowest BCUT2D eigenvalue weighted by atomic mass is 10.0. The number of hydrogen-bond donors (Lipinski definition) is 1. The minimum atomic E-state index is -0.538. The Morgan fingerprint density at radius 1 is 1.30 bits per heavy atom. The van der Waals surface area contributed by atoms with Crippen molar-refractivity contribution in [3.05, 3.63) is 68.8 Å². The zero-order chi connectivity index (χ0) is 19.1. The van der Waals surface area contributed by atoms with Gasteiger partial charge < -0.3 is 9.73 Å². The Hall–Kier alpha value is -2.77. The van der Waals surface area contributed by atoms with Crippen molar-refractivity contribution in [2.75, 3.05) is 5.32 Å². The molecule has 2 heterocycles. The van der Waals surface area contributed by atoms with Gasteiger partial charge in [-0.2, -0.15) is 0 Å². The van der Waals surface area contributed by atoms with Gasteiger partial charge in [-0.05, 0) is 36.8 Å². The third-order valence-electron chi connectivity index (χ3n) is 4.01. The zero-order valence-corrected chi connectivity index (χ0v) is 15.6. The summed E-state index contributed by atoms with van der Waals surface area (Å²) >= 11 is 6.90. The number of anilines is 1. The van der Waals surface area contributed by atoms with Crippen molar-refractivity contribution in [3.63, 3.8) is 0 Å². The second-order valence-electron chi connectivity index (χ2n) is 6.07. The van der Waals surface area contributed by atoms with Gasteiger partial charge in [-0.15, -0.1) is 0 Å². The summed E-state index contributed by atoms with van der Waals surface area (Å²) in [5, 5.41) is 3.71. The van der Waals surface area contributed by atoms with Crippen LogP contribution in [0.5, 0.6) is 0 Å². The molecule has 1 amide bonds. The van der Waals surface area contributed by atoms with E-state index in [2.05, 4.69) is 10.3 Å². The van der Waals surface area contributed by atoms with Gasteiger partial charge in [0, 0.05) is 11.5 Å². The Labute approximate surface area is 161 Å². The fourth-order valence-electron chi connectivity index (χ4n) is 2.80. The Kier molecular flexibility index (Phi) is 4.41. The molecule has 0 unspecified atom stereocenters. The fourth-order valence-corrected chi connectivity index (χ4v) is 3.85. The SMILES string of the molecule is Cc1ccc2oc(=O)cc(CC(=O)Nc3nc4cc(Cl)c(F)cc4s3)c2c1. The van der Waals surface area contributed by atoms with Gasteiger partial charge in [0.2, 0.25) is 5.91 Å². The van der Waals surface area contributed by atoms with Gasteiger partial charge in [0.25, 0.3) is 0 Å². The van der Waals surface area contributed by atoms with E-state index in [-0.39, 0.29) is 17.4 Å². The van der Waals surface area contributed by atoms with Crippen LogP contribution in [0.2, 0.25) is 5.02 Å². The van der Waals surface area contributed by atoms with Gasteiger partial charge in [0.1, 0.15) is 11.4 Å². The molecule has 0 aliphatic carbocycles. The van der Waals surface area contributed by atoms with Crippen LogP contribution in [0.15, 0.2) is 45.6 Å². The summed E-state index contributed by atoms with van der Waals surface area (Å²) < 4.78 is 19.3. The highest BCUT2D eigenvalue weighted by Crippen LogP contribution is 2.30. The van der Waals surface area contributed by atoms with Crippen molar-refractivity contribution in [1.82, 2.24) is 4.98 Å². The van der Waals surface area contributed by atoms with Crippen molar-refractivity contribution in [2.24, 2.45) is 0 Å². The van der Waals surface area contributed by atoms with Crippen molar-refractivity contribution in [3.8, 4) is 0 Å². The number of carbonyl (C=O) groups is 1. The molecule has 27 heavy (non-hydrogen) atoms. The second kappa shape index (κ2) is 6.75. The highest BCUT2D eigenvalue weighted by atomic mass is 35.5. The lowest BCUT2D eigenvalue weighted by molar-refractivity contribution is -0.115. The molecule has 0 aliphatic rings. The molecule has 4 aromatic rings. The van der Waals surface area contributed by atoms with Crippen LogP contribution in [0.1, 0.15) is 11.1 Å². The highest BCUT2D eigenvalue weighted by Gasteiger charge is 2.14. The Morgan fingerprint density at radius 2 is 2.11 bits per heavy atom. The first-order valence-corrected chi connectivity index (χ1v) is 9.17. The number of carbonyl (C=O) groups excluding carboxylic acids is 1. The topological polar surface area (TPSA) is 72.2 Å². The first kappa shape index (κ1) is 17.6. The van der Waals surface area contributed by atoms with Crippen molar-refractivity contribution < 1.29 is 13.6 Å². The molecule has 0 radical (unpaired) electrons. The smallest absolute Gasteiger partial charge is 0.336 e. The number of benzene rings is 2. The number of nitrogens with one attached hydrogen (secondary N) is 1. The molecule has 2 aromatic carbocycles. The largest absolute Gasteiger partial charge is 0.423 e. The molecule has 0 fully saturated rings. The van der Waals surface area contributed by atoms with Crippen LogP contribution < -0.4 is 10.9 Å². The van der Waals surface area contributed by atoms with E-state index in [4.69, 9.17) is 16.0 Å². The summed E-state index contributed by atoms with van der Waals surface area (Å²) in [6, 6.07) is 9.42. The maximum Gasteiger partial charge on any atom is 0.336 e. The van der Waals surface area contributed by atoms with E-state index in [9.17, 15) is 14.0 Å². The van der Waals surface area contributed by atoms with E-state index in [1.54, 1.807) is 6.07 Å². The highest BCUT2D eigenvalue weighted by molar-refractivity contribution is 7.22. The second-order valence-corrected chi connectivity index (χ2v) is 7.51. The molecular weight excluding hydrogens is 391 g/mol. The number of aryl methyl sites for hydroxylation is 1. The first-order chi connectivity index (χ1) is 12.9. The van der Waals surface area contributed by atoms with Crippen molar-refractivity contribution in [2.45, 2.75) is 13.3 Å². The minimum absolute atomic E-state index is 0.0173. The zero-order valence-electron chi connectivity index (χ0n) is 14.0. The molecule has 0 aliphatic heterocycles. The average molecular weight is 403 g/mol. The quantitative estimate of drug-likeness (QED) is 0.505. The summed E-state index contributed by atoms with van der Waals surface area (Å²) in [6.45, 7) is 1.92. The Bertz CT molecular complexity index is 1230. The number of hydrogen-bond acceptors (Lipinski definition) is 5. The number of halogens is 2. The van der Waals surface area contributed by atoms with Crippen molar-refractivity contribution >= 4 is 55.2 Å². The number of nitrogens with zero attached hydrogens (tertiary/aromatic N) is 1. The molecule has 0 spiro atoms. The fraction of sp³-hybridized carbons (Fsp3) is 0.105. The van der Waals surface area contributed by atoms with Crippen LogP contribution >= 0.6 is 22.9 Å². The molecule has 0 saturated carbocycles. The standard InChI is InChI=1S/C19H12ClFN2O3S/c1-9-2-3-15-11(4-9)10(6-18(25)26-15)5-17(24)23-19-22-14-7-12(20)13(21)8-16(14)27-19/h2-4,6-8H,5H2,1H3,(H,22,23,24). The number of fused-ring (bicyclic) bond motifs is 2. The van der Waals surface area contributed by atoms with E-state index in [0.29, 0.717) is 31.9 Å². The number of rotatable bonds is 3. The Balaban J connectivity index is 1.62. The van der Waals surface area contributed by atoms with Crippen LogP contribution in [0.25, 0.3) is 21.2 Å². The van der Waals surface area contributed by atoms with Crippen molar-refractivity contribution in [1.29, 1.82) is 0 Å². The Morgan fingerprint density at radius 3 is 2.93 bits per heavy atom. The van der Waals surface area contributed by atoms with E-state index in [0.717, 1.165) is 16.9 Å². The predicted molar refractivity (Wildman–Crippen MR) is 104 cm³/mol. The summed E-state index contributed by atoms with van der Waals surface area (Å²) in [6.07, 6.45) is -0.0173. The summed E-state index contributed by atoms with van der Waals surface area (Å²) in [5.74, 6) is -0.877. The molecule has 2 aromatic heterocycles. The van der Waals surface area contributed by atoms with Crippen LogP contribution in [0.4, 0.5) is 9.52 Å². The van der Waals surface area contributed by atoms with Gasteiger partial charge in [0.15, 0.2) is 5.13 Å².